The van der Waals surface area contributed by atoms with E-state index in [0.717, 1.165) is 24.2 Å². The van der Waals surface area contributed by atoms with E-state index in [1.165, 1.54) is 5.56 Å². The predicted molar refractivity (Wildman–Crippen MR) is 115 cm³/mol. The predicted octanol–water partition coefficient (Wildman–Crippen LogP) is 1.29. The van der Waals surface area contributed by atoms with E-state index in [4.69, 9.17) is 0 Å². The summed E-state index contributed by atoms with van der Waals surface area (Å²) in [4.78, 5) is 38.1. The number of hydrogen-bond donors (Lipinski definition) is 3. The molecule has 7 heteroatoms. The molecule has 2 fully saturated rings. The summed E-state index contributed by atoms with van der Waals surface area (Å²) in [5.41, 5.74) is 4.01. The minimum atomic E-state index is -0.571. The number of amides is 3. The van der Waals surface area contributed by atoms with Gasteiger partial charge in [-0.1, -0.05) is 42.5 Å². The second kappa shape index (κ2) is 8.24. The Morgan fingerprint density at radius 1 is 1.06 bits per heavy atom. The number of hydrogen-bond acceptors (Lipinski definition) is 5. The molecule has 3 N–H and O–H groups in total. The Morgan fingerprint density at radius 2 is 1.90 bits per heavy atom. The van der Waals surface area contributed by atoms with Gasteiger partial charge in [-0.15, -0.1) is 0 Å². The smallest absolute Gasteiger partial charge is 0.255 e. The number of nitrogens with zero attached hydrogens (tertiary/aromatic N) is 1. The van der Waals surface area contributed by atoms with E-state index in [1.54, 1.807) is 4.90 Å². The fraction of sp³-hybridized carbons (Fsp3) is 0.375. The highest BCUT2D eigenvalue weighted by molar-refractivity contribution is 6.05. The van der Waals surface area contributed by atoms with Gasteiger partial charge < -0.3 is 15.5 Å². The van der Waals surface area contributed by atoms with Crippen LogP contribution in [0.2, 0.25) is 0 Å². The van der Waals surface area contributed by atoms with Crippen molar-refractivity contribution in [2.75, 3.05) is 13.1 Å². The van der Waals surface area contributed by atoms with Crippen LogP contribution < -0.4 is 16.0 Å². The van der Waals surface area contributed by atoms with Crippen LogP contribution in [-0.2, 0) is 22.7 Å². The highest BCUT2D eigenvalue weighted by Gasteiger charge is 2.39. The zero-order valence-corrected chi connectivity index (χ0v) is 17.3. The first-order valence-electron chi connectivity index (χ1n) is 10.9. The van der Waals surface area contributed by atoms with Gasteiger partial charge in [0.15, 0.2) is 0 Å². The molecule has 3 heterocycles. The Hall–Kier alpha value is -3.03. The topological polar surface area (TPSA) is 90.5 Å². The van der Waals surface area contributed by atoms with Crippen molar-refractivity contribution in [1.82, 2.24) is 20.9 Å². The Balaban J connectivity index is 1.18. The average molecular weight is 418 g/mol. The van der Waals surface area contributed by atoms with E-state index >= 15 is 0 Å². The van der Waals surface area contributed by atoms with E-state index in [9.17, 15) is 14.4 Å². The fourth-order valence-corrected chi connectivity index (χ4v) is 4.75. The van der Waals surface area contributed by atoms with E-state index in [1.807, 2.05) is 24.3 Å². The molecule has 3 amide bonds. The second-order valence-corrected chi connectivity index (χ2v) is 8.55. The van der Waals surface area contributed by atoms with Gasteiger partial charge in [0.25, 0.3) is 5.91 Å². The summed E-state index contributed by atoms with van der Waals surface area (Å²) in [5.74, 6) is -0.247. The van der Waals surface area contributed by atoms with Crippen molar-refractivity contribution < 1.29 is 14.4 Å². The van der Waals surface area contributed by atoms with Gasteiger partial charge in [0.05, 0.1) is 0 Å². The van der Waals surface area contributed by atoms with E-state index in [-0.39, 0.29) is 24.1 Å². The summed E-state index contributed by atoms with van der Waals surface area (Å²) in [6, 6.07) is 16.3. The van der Waals surface area contributed by atoms with Crippen molar-refractivity contribution in [2.24, 2.45) is 0 Å². The number of nitrogens with one attached hydrogen (secondary N) is 3. The first-order chi connectivity index (χ1) is 15.1. The largest absolute Gasteiger partial charge is 0.322 e. The Labute approximate surface area is 181 Å². The summed E-state index contributed by atoms with van der Waals surface area (Å²) in [6.45, 7) is 2.95. The molecular formula is C24H26N4O3. The molecule has 3 aliphatic heterocycles. The zero-order valence-electron chi connectivity index (χ0n) is 17.3. The van der Waals surface area contributed by atoms with Gasteiger partial charge in [0, 0.05) is 50.1 Å². The summed E-state index contributed by atoms with van der Waals surface area (Å²) >= 11 is 0. The van der Waals surface area contributed by atoms with Crippen molar-refractivity contribution in [3.8, 4) is 0 Å². The van der Waals surface area contributed by atoms with E-state index in [0.29, 0.717) is 37.0 Å². The number of imide groups is 1. The van der Waals surface area contributed by atoms with Crippen molar-refractivity contribution in [3.05, 3.63) is 70.8 Å². The Morgan fingerprint density at radius 3 is 2.65 bits per heavy atom. The molecule has 2 aromatic rings. The lowest BCUT2D eigenvalue weighted by molar-refractivity contribution is -0.136. The third-order valence-corrected chi connectivity index (χ3v) is 6.60. The Kier molecular flexibility index (Phi) is 5.29. The lowest BCUT2D eigenvalue weighted by atomic mass is 9.85. The second-order valence-electron chi connectivity index (χ2n) is 8.55. The van der Waals surface area contributed by atoms with Gasteiger partial charge in [-0.3, -0.25) is 19.7 Å². The van der Waals surface area contributed by atoms with Gasteiger partial charge in [0.1, 0.15) is 6.04 Å². The third kappa shape index (κ3) is 3.86. The van der Waals surface area contributed by atoms with Crippen LogP contribution in [0.3, 0.4) is 0 Å². The maximum atomic E-state index is 12.9. The standard InChI is InChI=1S/C24H26N4O3/c29-22-9-8-21(23(30)27-22)28-14-17-7-6-15(10-18(17)24(28)31)11-25-13-20-19(12-26-20)16-4-2-1-3-5-16/h1-7,10,19-21,25-26H,8-9,11-14H2,(H,27,29,30)/t19-,20-,21?/m0/s1. The van der Waals surface area contributed by atoms with Crippen LogP contribution in [0, 0.1) is 0 Å². The van der Waals surface area contributed by atoms with Crippen LogP contribution in [0.4, 0.5) is 0 Å². The minimum absolute atomic E-state index is 0.129. The molecule has 0 aliphatic carbocycles. The van der Waals surface area contributed by atoms with Crippen molar-refractivity contribution in [3.63, 3.8) is 0 Å². The van der Waals surface area contributed by atoms with E-state index in [2.05, 4.69) is 40.2 Å². The normalized spacial score (nSPS) is 25.2. The van der Waals surface area contributed by atoms with Gasteiger partial charge >= 0.3 is 0 Å². The Bertz CT molecular complexity index is 1020. The molecular weight excluding hydrogens is 392 g/mol. The zero-order chi connectivity index (χ0) is 21.4. The number of carbonyl (C=O) groups excluding carboxylic acids is 3. The van der Waals surface area contributed by atoms with Crippen LogP contribution in [0.25, 0.3) is 0 Å². The summed E-state index contributed by atoms with van der Waals surface area (Å²) < 4.78 is 0. The van der Waals surface area contributed by atoms with Gasteiger partial charge in [0.2, 0.25) is 11.8 Å². The maximum absolute atomic E-state index is 12.9. The first-order valence-corrected chi connectivity index (χ1v) is 10.9. The van der Waals surface area contributed by atoms with Crippen LogP contribution in [0.1, 0.15) is 45.8 Å². The molecule has 160 valence electrons. The van der Waals surface area contributed by atoms with Crippen molar-refractivity contribution >= 4 is 17.7 Å². The van der Waals surface area contributed by atoms with Crippen LogP contribution in [0.15, 0.2) is 48.5 Å². The molecule has 3 atom stereocenters. The molecule has 0 spiro atoms. The monoisotopic (exact) mass is 418 g/mol. The maximum Gasteiger partial charge on any atom is 0.255 e. The molecule has 1 unspecified atom stereocenters. The number of benzene rings is 2. The van der Waals surface area contributed by atoms with Crippen LogP contribution >= 0.6 is 0 Å². The van der Waals surface area contributed by atoms with Crippen molar-refractivity contribution in [1.29, 1.82) is 0 Å². The molecule has 2 saturated heterocycles. The minimum Gasteiger partial charge on any atom is -0.322 e. The average Bonchev–Trinajstić information content (AvgIpc) is 3.07. The molecule has 0 radical (unpaired) electrons. The highest BCUT2D eigenvalue weighted by Crippen LogP contribution is 2.28. The molecule has 2 aromatic carbocycles. The van der Waals surface area contributed by atoms with Crippen molar-refractivity contribution in [2.45, 2.75) is 43.9 Å². The highest BCUT2D eigenvalue weighted by atomic mass is 16.2. The lowest BCUT2D eigenvalue weighted by Gasteiger charge is -2.38. The van der Waals surface area contributed by atoms with Crippen LogP contribution in [-0.4, -0.2) is 47.8 Å². The fourth-order valence-electron chi connectivity index (χ4n) is 4.75. The number of fused-ring (bicyclic) bond motifs is 1. The third-order valence-electron chi connectivity index (χ3n) is 6.60. The number of piperidine rings is 1. The van der Waals surface area contributed by atoms with Gasteiger partial charge in [-0.05, 0) is 29.2 Å². The first kappa shape index (κ1) is 19.9. The molecule has 0 aromatic heterocycles. The van der Waals surface area contributed by atoms with Gasteiger partial charge in [-0.2, -0.15) is 0 Å². The summed E-state index contributed by atoms with van der Waals surface area (Å²) in [5, 5.41) is 9.34. The SMILES string of the molecule is O=C1CCC(N2Cc3ccc(CNC[C@@H]4NC[C@H]4c4ccccc4)cc3C2=O)C(=O)N1. The van der Waals surface area contributed by atoms with E-state index < -0.39 is 6.04 Å². The number of rotatable bonds is 6. The molecule has 3 aliphatic rings. The summed E-state index contributed by atoms with van der Waals surface area (Å²) in [7, 11) is 0. The molecule has 7 nitrogen and oxygen atoms in total. The molecule has 0 bridgehead atoms. The molecule has 0 saturated carbocycles. The quantitative estimate of drug-likeness (QED) is 0.615. The molecule has 5 rings (SSSR count). The van der Waals surface area contributed by atoms with Gasteiger partial charge in [-0.25, -0.2) is 0 Å². The molecule has 31 heavy (non-hydrogen) atoms. The number of carbonyl (C=O) groups is 3. The van der Waals surface area contributed by atoms with Crippen LogP contribution in [0.5, 0.6) is 0 Å². The summed E-state index contributed by atoms with van der Waals surface area (Å²) in [6.07, 6.45) is 0.653. The lowest BCUT2D eigenvalue weighted by Crippen LogP contribution is -2.55.